The number of nitrogens with one attached hydrogen (secondary N) is 1. The summed E-state index contributed by atoms with van der Waals surface area (Å²) in [5.74, 6) is 0.710. The second-order valence-corrected chi connectivity index (χ2v) is 6.95. The first-order valence-electron chi connectivity index (χ1n) is 9.56. The van der Waals surface area contributed by atoms with E-state index >= 15 is 0 Å². The SMILES string of the molecule is C=CCc1cc(C(=O)NCc2ccccc2CN2CCCC2)ccc1OC. The number of nitrogens with zero attached hydrogens (tertiary/aromatic N) is 1. The van der Waals surface area contributed by atoms with Crippen molar-refractivity contribution < 1.29 is 9.53 Å². The molecule has 0 atom stereocenters. The van der Waals surface area contributed by atoms with Gasteiger partial charge in [0.25, 0.3) is 5.91 Å². The molecule has 1 N–H and O–H groups in total. The minimum absolute atomic E-state index is 0.0704. The lowest BCUT2D eigenvalue weighted by Crippen LogP contribution is -2.25. The fourth-order valence-electron chi connectivity index (χ4n) is 3.58. The van der Waals surface area contributed by atoms with E-state index in [0.29, 0.717) is 18.5 Å². The first-order valence-corrected chi connectivity index (χ1v) is 9.56. The van der Waals surface area contributed by atoms with Crippen LogP contribution in [-0.4, -0.2) is 31.0 Å². The van der Waals surface area contributed by atoms with Gasteiger partial charge < -0.3 is 10.1 Å². The van der Waals surface area contributed by atoms with Crippen LogP contribution >= 0.6 is 0 Å². The Morgan fingerprint density at radius 3 is 2.59 bits per heavy atom. The number of benzene rings is 2. The highest BCUT2D eigenvalue weighted by atomic mass is 16.5. The summed E-state index contributed by atoms with van der Waals surface area (Å²) < 4.78 is 5.36. The van der Waals surface area contributed by atoms with Gasteiger partial charge in [0.05, 0.1) is 7.11 Å². The third kappa shape index (κ3) is 4.98. The molecule has 1 fully saturated rings. The molecule has 4 heteroatoms. The van der Waals surface area contributed by atoms with Crippen LogP contribution in [0.25, 0.3) is 0 Å². The van der Waals surface area contributed by atoms with Crippen LogP contribution in [0.15, 0.2) is 55.1 Å². The molecule has 0 saturated carbocycles. The Bertz CT molecular complexity index is 795. The summed E-state index contributed by atoms with van der Waals surface area (Å²) in [5, 5.41) is 3.06. The lowest BCUT2D eigenvalue weighted by atomic mass is 10.0. The van der Waals surface area contributed by atoms with E-state index in [4.69, 9.17) is 4.74 Å². The number of allylic oxidation sites excluding steroid dienone is 1. The fourth-order valence-corrected chi connectivity index (χ4v) is 3.58. The highest BCUT2D eigenvalue weighted by Crippen LogP contribution is 2.21. The summed E-state index contributed by atoms with van der Waals surface area (Å²) in [7, 11) is 1.64. The zero-order valence-corrected chi connectivity index (χ0v) is 16.0. The van der Waals surface area contributed by atoms with Crippen molar-refractivity contribution in [3.8, 4) is 5.75 Å². The number of likely N-dealkylation sites (tertiary alicyclic amines) is 1. The summed E-state index contributed by atoms with van der Waals surface area (Å²) in [6.45, 7) is 7.59. The number of methoxy groups -OCH3 is 1. The first kappa shape index (κ1) is 19.2. The second-order valence-electron chi connectivity index (χ2n) is 6.95. The molecule has 4 nitrogen and oxygen atoms in total. The van der Waals surface area contributed by atoms with Crippen molar-refractivity contribution in [1.82, 2.24) is 10.2 Å². The van der Waals surface area contributed by atoms with Gasteiger partial charge in [-0.25, -0.2) is 0 Å². The maximum Gasteiger partial charge on any atom is 0.251 e. The number of carbonyl (C=O) groups is 1. The predicted octanol–water partition coefficient (Wildman–Crippen LogP) is 3.95. The Balaban J connectivity index is 1.67. The van der Waals surface area contributed by atoms with Gasteiger partial charge in [0.2, 0.25) is 0 Å². The summed E-state index contributed by atoms with van der Waals surface area (Å²) in [6, 6.07) is 13.9. The zero-order chi connectivity index (χ0) is 19.1. The molecular formula is C23H28N2O2. The van der Waals surface area contributed by atoms with E-state index in [-0.39, 0.29) is 5.91 Å². The zero-order valence-electron chi connectivity index (χ0n) is 16.0. The maximum absolute atomic E-state index is 12.6. The lowest BCUT2D eigenvalue weighted by molar-refractivity contribution is 0.0950. The molecule has 0 unspecified atom stereocenters. The predicted molar refractivity (Wildman–Crippen MR) is 109 cm³/mol. The summed E-state index contributed by atoms with van der Waals surface area (Å²) in [6.07, 6.45) is 5.05. The van der Waals surface area contributed by atoms with Crippen LogP contribution in [0.1, 0.15) is 39.9 Å². The van der Waals surface area contributed by atoms with E-state index in [2.05, 4.69) is 35.0 Å². The number of amides is 1. The summed E-state index contributed by atoms with van der Waals surface area (Å²) in [4.78, 5) is 15.1. The molecule has 1 saturated heterocycles. The van der Waals surface area contributed by atoms with Crippen LogP contribution in [-0.2, 0) is 19.5 Å². The fraction of sp³-hybridized carbons (Fsp3) is 0.348. The molecule has 1 heterocycles. The molecule has 142 valence electrons. The standard InChI is InChI=1S/C23H28N2O2/c1-3-8-18-15-19(11-12-22(18)27-2)23(26)24-16-20-9-4-5-10-21(20)17-25-13-6-7-14-25/h3-5,9-12,15H,1,6-8,13-14,16-17H2,2H3,(H,24,26). The van der Waals surface area contributed by atoms with Crippen LogP contribution in [0, 0.1) is 0 Å². The van der Waals surface area contributed by atoms with Gasteiger partial charge in [-0.15, -0.1) is 6.58 Å². The van der Waals surface area contributed by atoms with E-state index < -0.39 is 0 Å². The minimum atomic E-state index is -0.0704. The van der Waals surface area contributed by atoms with E-state index in [1.54, 1.807) is 13.2 Å². The number of ether oxygens (including phenoxy) is 1. The van der Waals surface area contributed by atoms with Gasteiger partial charge in [-0.2, -0.15) is 0 Å². The van der Waals surface area contributed by atoms with Crippen LogP contribution in [0.4, 0.5) is 0 Å². The van der Waals surface area contributed by atoms with Gasteiger partial charge in [-0.1, -0.05) is 30.3 Å². The van der Waals surface area contributed by atoms with Crippen LogP contribution in [0.3, 0.4) is 0 Å². The highest BCUT2D eigenvalue weighted by Gasteiger charge is 2.14. The normalized spacial score (nSPS) is 14.1. The monoisotopic (exact) mass is 364 g/mol. The number of rotatable bonds is 8. The van der Waals surface area contributed by atoms with Crippen LogP contribution < -0.4 is 10.1 Å². The Hall–Kier alpha value is -2.59. The number of carbonyl (C=O) groups excluding carboxylic acids is 1. The molecule has 0 aliphatic carbocycles. The van der Waals surface area contributed by atoms with E-state index in [1.807, 2.05) is 24.3 Å². The van der Waals surface area contributed by atoms with E-state index in [9.17, 15) is 4.79 Å². The van der Waals surface area contributed by atoms with Crippen molar-refractivity contribution in [3.63, 3.8) is 0 Å². The molecule has 2 aromatic carbocycles. The van der Waals surface area contributed by atoms with Crippen molar-refractivity contribution in [3.05, 3.63) is 77.4 Å². The molecule has 0 aromatic heterocycles. The molecule has 2 aromatic rings. The van der Waals surface area contributed by atoms with Crippen molar-refractivity contribution >= 4 is 5.91 Å². The van der Waals surface area contributed by atoms with Gasteiger partial charge in [-0.3, -0.25) is 9.69 Å². The largest absolute Gasteiger partial charge is 0.496 e. The highest BCUT2D eigenvalue weighted by molar-refractivity contribution is 5.94. The quantitative estimate of drug-likeness (QED) is 0.721. The van der Waals surface area contributed by atoms with Crippen LogP contribution in [0.2, 0.25) is 0 Å². The van der Waals surface area contributed by atoms with Crippen molar-refractivity contribution in [2.45, 2.75) is 32.4 Å². The molecule has 1 aliphatic heterocycles. The molecule has 0 radical (unpaired) electrons. The Labute approximate surface area is 161 Å². The first-order chi connectivity index (χ1) is 13.2. The lowest BCUT2D eigenvalue weighted by Gasteiger charge is -2.18. The smallest absolute Gasteiger partial charge is 0.251 e. The number of hydrogen-bond donors (Lipinski definition) is 1. The Morgan fingerprint density at radius 1 is 1.15 bits per heavy atom. The van der Waals surface area contributed by atoms with Gasteiger partial charge in [-0.05, 0) is 67.2 Å². The van der Waals surface area contributed by atoms with Gasteiger partial charge >= 0.3 is 0 Å². The topological polar surface area (TPSA) is 41.6 Å². The minimum Gasteiger partial charge on any atom is -0.496 e. The third-order valence-corrected chi connectivity index (χ3v) is 5.06. The van der Waals surface area contributed by atoms with Gasteiger partial charge in [0.1, 0.15) is 5.75 Å². The van der Waals surface area contributed by atoms with Crippen molar-refractivity contribution in [2.75, 3.05) is 20.2 Å². The van der Waals surface area contributed by atoms with Crippen molar-refractivity contribution in [1.29, 1.82) is 0 Å². The molecule has 1 aliphatic rings. The number of hydrogen-bond acceptors (Lipinski definition) is 3. The van der Waals surface area contributed by atoms with Gasteiger partial charge in [0.15, 0.2) is 0 Å². The van der Waals surface area contributed by atoms with Crippen LogP contribution in [0.5, 0.6) is 5.75 Å². The van der Waals surface area contributed by atoms with E-state index in [0.717, 1.165) is 17.9 Å². The molecule has 0 spiro atoms. The van der Waals surface area contributed by atoms with Gasteiger partial charge in [0, 0.05) is 18.7 Å². The van der Waals surface area contributed by atoms with Crippen molar-refractivity contribution in [2.24, 2.45) is 0 Å². The summed E-state index contributed by atoms with van der Waals surface area (Å²) >= 11 is 0. The molecule has 1 amide bonds. The Morgan fingerprint density at radius 2 is 1.89 bits per heavy atom. The molecule has 27 heavy (non-hydrogen) atoms. The average molecular weight is 364 g/mol. The second kappa shape index (κ2) is 9.38. The summed E-state index contributed by atoms with van der Waals surface area (Å²) in [5.41, 5.74) is 4.08. The third-order valence-electron chi connectivity index (χ3n) is 5.06. The van der Waals surface area contributed by atoms with E-state index in [1.165, 1.54) is 37.1 Å². The molecular weight excluding hydrogens is 336 g/mol. The Kier molecular flexibility index (Phi) is 6.66. The molecule has 3 rings (SSSR count). The molecule has 0 bridgehead atoms. The maximum atomic E-state index is 12.6. The average Bonchev–Trinajstić information content (AvgIpc) is 3.20.